The molecule has 3 aliphatic rings. The van der Waals surface area contributed by atoms with E-state index < -0.39 is 24.7 Å². The molecule has 5 atom stereocenters. The SMILES string of the molecule is COC(OCC1CC2C3C=CC(C3)C12)(C(F)(F)F)C(F)(F)F. The molecule has 0 saturated heterocycles. The van der Waals surface area contributed by atoms with Gasteiger partial charge in [0.15, 0.2) is 0 Å². The van der Waals surface area contributed by atoms with Crippen molar-refractivity contribution in [3.05, 3.63) is 12.2 Å². The first-order valence-electron chi connectivity index (χ1n) is 7.11. The molecule has 5 unspecified atom stereocenters. The first-order valence-corrected chi connectivity index (χ1v) is 7.11. The fourth-order valence-corrected chi connectivity index (χ4v) is 4.32. The fourth-order valence-electron chi connectivity index (χ4n) is 4.32. The molecule has 2 fully saturated rings. The Labute approximate surface area is 123 Å². The van der Waals surface area contributed by atoms with E-state index in [-0.39, 0.29) is 17.8 Å². The van der Waals surface area contributed by atoms with Gasteiger partial charge in [-0.15, -0.1) is 0 Å². The van der Waals surface area contributed by atoms with Crippen LogP contribution in [0.4, 0.5) is 26.3 Å². The molecule has 0 heterocycles. The molecular weight excluding hydrogens is 314 g/mol. The van der Waals surface area contributed by atoms with Crippen molar-refractivity contribution < 1.29 is 35.8 Å². The summed E-state index contributed by atoms with van der Waals surface area (Å²) in [4.78, 5) is 0. The number of ether oxygens (including phenoxy) is 2. The minimum Gasteiger partial charge on any atom is -0.339 e. The monoisotopic (exact) mass is 330 g/mol. The number of allylic oxidation sites excluding steroid dienone is 2. The maximum Gasteiger partial charge on any atom is 0.453 e. The minimum atomic E-state index is -5.68. The van der Waals surface area contributed by atoms with Crippen LogP contribution in [0.25, 0.3) is 0 Å². The summed E-state index contributed by atoms with van der Waals surface area (Å²) in [5, 5.41) is 0. The van der Waals surface area contributed by atoms with Crippen LogP contribution in [0.2, 0.25) is 0 Å². The molecule has 2 bridgehead atoms. The second-order valence-corrected chi connectivity index (χ2v) is 6.31. The van der Waals surface area contributed by atoms with Crippen molar-refractivity contribution in [2.45, 2.75) is 31.0 Å². The van der Waals surface area contributed by atoms with Crippen molar-refractivity contribution in [1.29, 1.82) is 0 Å². The molecule has 3 aliphatic carbocycles. The summed E-state index contributed by atoms with van der Waals surface area (Å²) < 4.78 is 85.4. The molecule has 22 heavy (non-hydrogen) atoms. The summed E-state index contributed by atoms with van der Waals surface area (Å²) in [6.07, 6.45) is -5.66. The number of hydrogen-bond acceptors (Lipinski definition) is 2. The van der Waals surface area contributed by atoms with Gasteiger partial charge in [-0.2, -0.15) is 26.3 Å². The molecule has 0 aromatic rings. The van der Waals surface area contributed by atoms with Crippen LogP contribution in [-0.4, -0.2) is 31.9 Å². The van der Waals surface area contributed by atoms with E-state index in [0.29, 0.717) is 25.4 Å². The van der Waals surface area contributed by atoms with Crippen molar-refractivity contribution >= 4 is 0 Å². The van der Waals surface area contributed by atoms with Crippen LogP contribution >= 0.6 is 0 Å². The maximum atomic E-state index is 12.9. The van der Waals surface area contributed by atoms with Gasteiger partial charge in [-0.05, 0) is 42.4 Å². The predicted octanol–water partition coefficient (Wildman–Crippen LogP) is 3.93. The molecule has 0 amide bonds. The maximum absolute atomic E-state index is 12.9. The van der Waals surface area contributed by atoms with Crippen molar-refractivity contribution in [3.63, 3.8) is 0 Å². The van der Waals surface area contributed by atoms with Crippen LogP contribution in [0.1, 0.15) is 12.8 Å². The number of alkyl halides is 6. The van der Waals surface area contributed by atoms with E-state index >= 15 is 0 Å². The highest BCUT2D eigenvalue weighted by atomic mass is 19.4. The Balaban J connectivity index is 1.70. The topological polar surface area (TPSA) is 18.5 Å². The number of hydrogen-bond donors (Lipinski definition) is 0. The first-order chi connectivity index (χ1) is 10.1. The van der Waals surface area contributed by atoms with Gasteiger partial charge in [0.25, 0.3) is 0 Å². The van der Waals surface area contributed by atoms with Gasteiger partial charge in [0.2, 0.25) is 0 Å². The first kappa shape index (κ1) is 16.1. The van der Waals surface area contributed by atoms with Crippen molar-refractivity contribution in [3.8, 4) is 0 Å². The Bertz CT molecular complexity index is 455. The second kappa shape index (κ2) is 4.87. The Kier molecular flexibility index (Phi) is 3.56. The van der Waals surface area contributed by atoms with E-state index in [1.807, 2.05) is 6.08 Å². The zero-order valence-electron chi connectivity index (χ0n) is 11.7. The van der Waals surface area contributed by atoms with Crippen LogP contribution in [-0.2, 0) is 9.47 Å². The van der Waals surface area contributed by atoms with Gasteiger partial charge in [0.05, 0.1) is 6.61 Å². The molecule has 0 N–H and O–H groups in total. The number of rotatable bonds is 4. The van der Waals surface area contributed by atoms with Gasteiger partial charge in [0, 0.05) is 7.11 Å². The van der Waals surface area contributed by atoms with Crippen LogP contribution < -0.4 is 0 Å². The summed E-state index contributed by atoms with van der Waals surface area (Å²) in [5.74, 6) is -3.58. The largest absolute Gasteiger partial charge is 0.453 e. The standard InChI is InChI=1S/C14H16F6O2/c1-21-12(13(15,16)17,14(18,19)20)22-6-9-5-10-7-2-3-8(4-7)11(9)10/h2-3,7-11H,4-6H2,1H3. The molecule has 0 aliphatic heterocycles. The summed E-state index contributed by atoms with van der Waals surface area (Å²) in [5.41, 5.74) is 0. The van der Waals surface area contributed by atoms with Gasteiger partial charge in [-0.3, -0.25) is 0 Å². The van der Waals surface area contributed by atoms with Crippen LogP contribution in [0.15, 0.2) is 12.2 Å². The third-order valence-electron chi connectivity index (χ3n) is 5.34. The number of fused-ring (bicyclic) bond motifs is 5. The molecule has 2 nitrogen and oxygen atoms in total. The zero-order chi connectivity index (χ0) is 16.3. The Morgan fingerprint density at radius 1 is 0.955 bits per heavy atom. The molecule has 0 aromatic carbocycles. The van der Waals surface area contributed by atoms with Gasteiger partial charge >= 0.3 is 18.1 Å². The highest BCUT2D eigenvalue weighted by Gasteiger charge is 2.74. The molecule has 2 saturated carbocycles. The van der Waals surface area contributed by atoms with Crippen molar-refractivity contribution in [1.82, 2.24) is 0 Å². The summed E-state index contributed by atoms with van der Waals surface area (Å²) in [6, 6.07) is 0. The van der Waals surface area contributed by atoms with Crippen molar-refractivity contribution in [2.24, 2.45) is 29.6 Å². The molecule has 0 radical (unpaired) electrons. The smallest absolute Gasteiger partial charge is 0.339 e. The third kappa shape index (κ3) is 2.10. The quantitative estimate of drug-likeness (QED) is 0.442. The van der Waals surface area contributed by atoms with E-state index in [4.69, 9.17) is 0 Å². The highest BCUT2D eigenvalue weighted by Crippen LogP contribution is 2.61. The second-order valence-electron chi connectivity index (χ2n) is 6.31. The Hall–Kier alpha value is -0.760. The van der Waals surface area contributed by atoms with Gasteiger partial charge in [-0.1, -0.05) is 12.2 Å². The van der Waals surface area contributed by atoms with Gasteiger partial charge < -0.3 is 9.47 Å². The molecule has 3 rings (SSSR count). The summed E-state index contributed by atoms with van der Waals surface area (Å²) >= 11 is 0. The van der Waals surface area contributed by atoms with Gasteiger partial charge in [-0.25, -0.2) is 0 Å². The molecule has 0 aromatic heterocycles. The van der Waals surface area contributed by atoms with E-state index in [9.17, 15) is 26.3 Å². The summed E-state index contributed by atoms with van der Waals surface area (Å²) in [7, 11) is 0.366. The van der Waals surface area contributed by atoms with Gasteiger partial charge in [0.1, 0.15) is 0 Å². The Morgan fingerprint density at radius 2 is 1.55 bits per heavy atom. The lowest BCUT2D eigenvalue weighted by atomic mass is 9.60. The average Bonchev–Trinajstić information content (AvgIpc) is 2.87. The molecule has 8 heteroatoms. The average molecular weight is 330 g/mol. The highest BCUT2D eigenvalue weighted by molar-refractivity contribution is 5.18. The van der Waals surface area contributed by atoms with Crippen LogP contribution in [0.5, 0.6) is 0 Å². The van der Waals surface area contributed by atoms with Crippen LogP contribution in [0.3, 0.4) is 0 Å². The molecule has 0 spiro atoms. The summed E-state index contributed by atoms with van der Waals surface area (Å²) in [6.45, 7) is -0.592. The lowest BCUT2D eigenvalue weighted by molar-refractivity contribution is -0.466. The Morgan fingerprint density at radius 3 is 2.05 bits per heavy atom. The van der Waals surface area contributed by atoms with Crippen molar-refractivity contribution in [2.75, 3.05) is 13.7 Å². The normalized spacial score (nSPS) is 37.3. The minimum absolute atomic E-state index is 0.144. The lowest BCUT2D eigenvalue weighted by Gasteiger charge is -2.47. The van der Waals surface area contributed by atoms with E-state index in [1.54, 1.807) is 0 Å². The van der Waals surface area contributed by atoms with Crippen LogP contribution in [0, 0.1) is 29.6 Å². The number of methoxy groups -OCH3 is 1. The van der Waals surface area contributed by atoms with E-state index in [0.717, 1.165) is 6.42 Å². The van der Waals surface area contributed by atoms with E-state index in [2.05, 4.69) is 15.5 Å². The lowest BCUT2D eigenvalue weighted by Crippen LogP contribution is -2.61. The fraction of sp³-hybridized carbons (Fsp3) is 0.857. The number of halogens is 6. The predicted molar refractivity (Wildman–Crippen MR) is 63.6 cm³/mol. The zero-order valence-corrected chi connectivity index (χ0v) is 11.7. The third-order valence-corrected chi connectivity index (χ3v) is 5.34. The molecular formula is C14H16F6O2. The molecule has 126 valence electrons. The van der Waals surface area contributed by atoms with E-state index in [1.165, 1.54) is 0 Å².